The topological polar surface area (TPSA) is 81.7 Å². The van der Waals surface area contributed by atoms with Gasteiger partial charge in [0.25, 0.3) is 5.91 Å². The lowest BCUT2D eigenvalue weighted by atomic mass is 10.1. The molecule has 2 aromatic carbocycles. The van der Waals surface area contributed by atoms with Gasteiger partial charge in [-0.05, 0) is 43.4 Å². The third-order valence-corrected chi connectivity index (χ3v) is 5.89. The molecule has 170 valence electrons. The number of quaternary nitrogens is 1. The first kappa shape index (κ1) is 23.5. The summed E-state index contributed by atoms with van der Waals surface area (Å²) in [6, 6.07) is 14.7. The maximum Gasteiger partial charge on any atom is 0.362 e. The number of piperidine rings is 1. The van der Waals surface area contributed by atoms with Crippen molar-refractivity contribution in [3.8, 4) is 0 Å². The first-order valence-electron chi connectivity index (χ1n) is 10.9. The van der Waals surface area contributed by atoms with Crippen LogP contribution in [0.4, 0.5) is 5.69 Å². The van der Waals surface area contributed by atoms with Crippen molar-refractivity contribution in [2.24, 2.45) is 0 Å². The van der Waals surface area contributed by atoms with Crippen LogP contribution in [0.5, 0.6) is 0 Å². The number of benzene rings is 2. The van der Waals surface area contributed by atoms with E-state index in [0.29, 0.717) is 15.7 Å². The number of amides is 1. The minimum absolute atomic E-state index is 0.148. The van der Waals surface area contributed by atoms with Gasteiger partial charge < -0.3 is 19.3 Å². The molecular weight excluding hydrogens is 408 g/mol. The lowest BCUT2D eigenvalue weighted by Crippen LogP contribution is -2.57. The fourth-order valence-corrected chi connectivity index (χ4v) is 4.21. The molecule has 0 unspecified atom stereocenters. The molecule has 1 heterocycles. The van der Waals surface area contributed by atoms with Gasteiger partial charge in [-0.3, -0.25) is 4.79 Å². The van der Waals surface area contributed by atoms with Crippen molar-refractivity contribution in [2.45, 2.75) is 32.8 Å². The number of aryl methyl sites for hydroxylation is 1. The maximum absolute atomic E-state index is 13.0. The van der Waals surface area contributed by atoms with Crippen molar-refractivity contribution < 1.29 is 28.3 Å². The van der Waals surface area contributed by atoms with Crippen molar-refractivity contribution in [3.05, 3.63) is 65.2 Å². The zero-order chi connectivity index (χ0) is 23.0. The number of para-hydroxylation sites is 1. The molecular formula is C25H31N2O5+. The number of likely N-dealkylation sites (tertiary alicyclic amines) is 1. The first-order chi connectivity index (χ1) is 15.4. The number of hydrogen-bond donors (Lipinski definition) is 1. The van der Waals surface area contributed by atoms with E-state index in [-0.39, 0.29) is 31.6 Å². The quantitative estimate of drug-likeness (QED) is 0.503. The Hall–Kier alpha value is -3.19. The van der Waals surface area contributed by atoms with Crippen molar-refractivity contribution in [2.75, 3.05) is 38.6 Å². The van der Waals surface area contributed by atoms with Crippen LogP contribution in [0.15, 0.2) is 48.5 Å². The molecule has 7 heteroatoms. The van der Waals surface area contributed by atoms with E-state index in [0.717, 1.165) is 43.5 Å². The third kappa shape index (κ3) is 6.17. The van der Waals surface area contributed by atoms with Crippen molar-refractivity contribution in [1.82, 2.24) is 0 Å². The highest BCUT2D eigenvalue weighted by Crippen LogP contribution is 2.23. The molecule has 32 heavy (non-hydrogen) atoms. The predicted octanol–water partition coefficient (Wildman–Crippen LogP) is 3.46. The lowest BCUT2D eigenvalue weighted by molar-refractivity contribution is -0.918. The van der Waals surface area contributed by atoms with Gasteiger partial charge in [0, 0.05) is 0 Å². The SMILES string of the molecule is COC(=O)c1cccc(C)c1NC(=O)C[N+]1(CC(=O)OCc2ccccc2)CCCCC1. The first-order valence-corrected chi connectivity index (χ1v) is 10.9. The third-order valence-electron chi connectivity index (χ3n) is 5.89. The molecule has 3 rings (SSSR count). The van der Waals surface area contributed by atoms with Crippen LogP contribution in [-0.2, 0) is 25.7 Å². The molecule has 0 spiro atoms. The number of hydrogen-bond acceptors (Lipinski definition) is 5. The second-order valence-electron chi connectivity index (χ2n) is 8.35. The fourth-order valence-electron chi connectivity index (χ4n) is 4.21. The number of nitrogens with one attached hydrogen (secondary N) is 1. The summed E-state index contributed by atoms with van der Waals surface area (Å²) >= 11 is 0. The minimum atomic E-state index is -0.504. The van der Waals surface area contributed by atoms with E-state index >= 15 is 0 Å². The number of ether oxygens (including phenoxy) is 2. The second kappa shape index (κ2) is 10.9. The Labute approximate surface area is 188 Å². The van der Waals surface area contributed by atoms with Crippen LogP contribution in [0, 0.1) is 6.92 Å². The van der Waals surface area contributed by atoms with Crippen LogP contribution in [0.25, 0.3) is 0 Å². The number of carbonyl (C=O) groups excluding carboxylic acids is 3. The van der Waals surface area contributed by atoms with E-state index in [1.54, 1.807) is 12.1 Å². The molecule has 0 atom stereocenters. The van der Waals surface area contributed by atoms with E-state index in [2.05, 4.69) is 5.32 Å². The number of nitrogens with zero attached hydrogens (tertiary/aromatic N) is 1. The van der Waals surface area contributed by atoms with Gasteiger partial charge in [0.15, 0.2) is 13.1 Å². The zero-order valence-corrected chi connectivity index (χ0v) is 18.8. The van der Waals surface area contributed by atoms with E-state index < -0.39 is 5.97 Å². The summed E-state index contributed by atoms with van der Waals surface area (Å²) in [5.41, 5.74) is 2.46. The van der Waals surface area contributed by atoms with Gasteiger partial charge >= 0.3 is 11.9 Å². The molecule has 0 aromatic heterocycles. The van der Waals surface area contributed by atoms with Crippen molar-refractivity contribution >= 4 is 23.5 Å². The summed E-state index contributed by atoms with van der Waals surface area (Å²) < 4.78 is 10.7. The molecule has 2 aromatic rings. The number of rotatable bonds is 8. The fraction of sp³-hybridized carbons (Fsp3) is 0.400. The van der Waals surface area contributed by atoms with Gasteiger partial charge in [-0.25, -0.2) is 9.59 Å². The van der Waals surface area contributed by atoms with Crippen LogP contribution in [0.3, 0.4) is 0 Å². The van der Waals surface area contributed by atoms with Crippen LogP contribution in [0.1, 0.15) is 40.7 Å². The van der Waals surface area contributed by atoms with E-state index in [1.807, 2.05) is 43.3 Å². The molecule has 1 amide bonds. The molecule has 7 nitrogen and oxygen atoms in total. The van der Waals surface area contributed by atoms with Crippen LogP contribution in [-0.4, -0.2) is 55.6 Å². The smallest absolute Gasteiger partial charge is 0.362 e. The zero-order valence-electron chi connectivity index (χ0n) is 18.8. The van der Waals surface area contributed by atoms with Crippen molar-refractivity contribution in [3.63, 3.8) is 0 Å². The average molecular weight is 440 g/mol. The van der Waals surface area contributed by atoms with Gasteiger partial charge in [0.05, 0.1) is 31.5 Å². The number of esters is 2. The van der Waals surface area contributed by atoms with Crippen LogP contribution >= 0.6 is 0 Å². The van der Waals surface area contributed by atoms with E-state index in [9.17, 15) is 14.4 Å². The standard InChI is InChI=1S/C25H30N2O5/c1-19-10-9-13-21(25(30)31-2)24(19)26-22(28)16-27(14-7-4-8-15-27)17-23(29)32-18-20-11-5-3-6-12-20/h3,5-6,9-13H,4,7-8,14-18H2,1-2H3/p+1. The van der Waals surface area contributed by atoms with Gasteiger partial charge in [-0.15, -0.1) is 0 Å². The predicted molar refractivity (Wildman–Crippen MR) is 121 cm³/mol. The van der Waals surface area contributed by atoms with E-state index in [1.165, 1.54) is 7.11 Å². The summed E-state index contributed by atoms with van der Waals surface area (Å²) in [5.74, 6) is -1.05. The number of anilines is 1. The molecule has 1 N–H and O–H groups in total. The van der Waals surface area contributed by atoms with Gasteiger partial charge in [0.1, 0.15) is 6.61 Å². The Morgan fingerprint density at radius 1 is 0.938 bits per heavy atom. The molecule has 1 fully saturated rings. The number of methoxy groups -OCH3 is 1. The largest absolute Gasteiger partial charge is 0.465 e. The lowest BCUT2D eigenvalue weighted by Gasteiger charge is -2.40. The number of carbonyl (C=O) groups is 3. The van der Waals surface area contributed by atoms with Crippen LogP contribution < -0.4 is 5.32 Å². The summed E-state index contributed by atoms with van der Waals surface area (Å²) in [7, 11) is 1.31. The molecule has 0 bridgehead atoms. The van der Waals surface area contributed by atoms with E-state index in [4.69, 9.17) is 9.47 Å². The van der Waals surface area contributed by atoms with Gasteiger partial charge in [-0.2, -0.15) is 0 Å². The summed E-state index contributed by atoms with van der Waals surface area (Å²) in [4.78, 5) is 37.8. The molecule has 1 aliphatic heterocycles. The summed E-state index contributed by atoms with van der Waals surface area (Å²) in [6.07, 6.45) is 3.00. The molecule has 0 radical (unpaired) electrons. The monoisotopic (exact) mass is 439 g/mol. The van der Waals surface area contributed by atoms with Gasteiger partial charge in [0.2, 0.25) is 0 Å². The normalized spacial score (nSPS) is 14.9. The van der Waals surface area contributed by atoms with Crippen LogP contribution in [0.2, 0.25) is 0 Å². The van der Waals surface area contributed by atoms with Gasteiger partial charge in [-0.1, -0.05) is 42.5 Å². The Balaban J connectivity index is 1.68. The van der Waals surface area contributed by atoms with Crippen molar-refractivity contribution in [1.29, 1.82) is 0 Å². The molecule has 1 saturated heterocycles. The summed E-state index contributed by atoms with van der Waals surface area (Å²) in [6.45, 7) is 3.83. The Kier molecular flexibility index (Phi) is 8.00. The minimum Gasteiger partial charge on any atom is -0.465 e. The molecule has 0 saturated carbocycles. The highest BCUT2D eigenvalue weighted by atomic mass is 16.5. The summed E-state index contributed by atoms with van der Waals surface area (Å²) in [5, 5.41) is 2.89. The highest BCUT2D eigenvalue weighted by molar-refractivity contribution is 6.02. The Morgan fingerprint density at radius 3 is 2.34 bits per heavy atom. The highest BCUT2D eigenvalue weighted by Gasteiger charge is 2.36. The molecule has 0 aliphatic carbocycles. The Bertz CT molecular complexity index is 952. The second-order valence-corrected chi connectivity index (χ2v) is 8.35. The maximum atomic E-state index is 13.0. The Morgan fingerprint density at radius 2 is 1.66 bits per heavy atom. The average Bonchev–Trinajstić information content (AvgIpc) is 2.79. The molecule has 1 aliphatic rings.